The first-order valence-electron chi connectivity index (χ1n) is 10.1. The topological polar surface area (TPSA) is 191 Å². The van der Waals surface area contributed by atoms with Gasteiger partial charge in [0.2, 0.25) is 0 Å². The molecule has 1 aliphatic rings. The van der Waals surface area contributed by atoms with Crippen molar-refractivity contribution in [2.75, 3.05) is 19.4 Å². The molecule has 1 aliphatic heterocycles. The number of aromatic hydroxyl groups is 1. The molecule has 0 saturated heterocycles. The van der Waals surface area contributed by atoms with Gasteiger partial charge < -0.3 is 31.2 Å². The number of halogens is 3. The number of carbonyl (C=O) groups excluding carboxylic acids is 2. The quantitative estimate of drug-likeness (QED) is 0.424. The van der Waals surface area contributed by atoms with Crippen molar-refractivity contribution in [2.24, 2.45) is 0 Å². The Hall–Kier alpha value is -4.11. The third-order valence-electron chi connectivity index (χ3n) is 5.59. The summed E-state index contributed by atoms with van der Waals surface area (Å²) in [7, 11) is -3.85. The number of nitrogens with zero attached hydrogens (tertiary/aromatic N) is 1. The zero-order valence-corrected chi connectivity index (χ0v) is 20.1. The fourth-order valence-corrected chi connectivity index (χ4v) is 4.57. The van der Waals surface area contributed by atoms with Crippen molar-refractivity contribution in [3.63, 3.8) is 0 Å². The van der Waals surface area contributed by atoms with E-state index in [1.807, 2.05) is 5.32 Å². The molecule has 6 N–H and O–H groups in total. The molecule has 0 bridgehead atoms. The number of carboxylic acid groups (broad SMARTS) is 1. The van der Waals surface area contributed by atoms with Crippen molar-refractivity contribution in [3.8, 4) is 11.5 Å². The Kier molecular flexibility index (Phi) is 6.98. The second-order valence-electron chi connectivity index (χ2n) is 7.99. The molecule has 15 heteroatoms. The van der Waals surface area contributed by atoms with Crippen LogP contribution in [-0.4, -0.2) is 49.4 Å². The third-order valence-corrected chi connectivity index (χ3v) is 6.69. The van der Waals surface area contributed by atoms with Crippen LogP contribution in [0.3, 0.4) is 0 Å². The van der Waals surface area contributed by atoms with Crippen LogP contribution in [0.5, 0.6) is 11.5 Å². The number of hydrogen-bond acceptors (Lipinski definition) is 8. The summed E-state index contributed by atoms with van der Waals surface area (Å²) in [6.45, 7) is -1.32. The van der Waals surface area contributed by atoms with E-state index in [4.69, 9.17) is 4.74 Å². The molecule has 3 aromatic rings. The first-order valence-corrected chi connectivity index (χ1v) is 12.0. The number of alkyl halides is 3. The van der Waals surface area contributed by atoms with E-state index in [1.165, 1.54) is 0 Å². The molecule has 1 atom stereocenters. The standard InChI is InChI=1S/C22H17F3N2O8S.H3N/c1-36(33,34)12-6-13-18-15(7-12)35-9-14(10-2-4-11(5-3-10)22(23,24)25)27(18)21(32)17(19(13)30)20(31)26-8-16(28)29;/h2-7,14,30H,8-9H2,1H3,(H,26,31)(H,28,29);1H3. The van der Waals surface area contributed by atoms with Crippen LogP contribution < -0.4 is 26.9 Å². The van der Waals surface area contributed by atoms with Crippen molar-refractivity contribution in [1.29, 1.82) is 0 Å². The second kappa shape index (κ2) is 9.40. The van der Waals surface area contributed by atoms with Gasteiger partial charge in [0, 0.05) is 17.7 Å². The molecule has 2 heterocycles. The molecular formula is C22H20F3N3O8S. The van der Waals surface area contributed by atoms with Gasteiger partial charge in [0.25, 0.3) is 11.5 Å². The molecule has 0 saturated carbocycles. The van der Waals surface area contributed by atoms with Crippen LogP contribution in [0.2, 0.25) is 0 Å². The second-order valence-corrected chi connectivity index (χ2v) is 10.0. The number of ether oxygens (including phenoxy) is 1. The molecule has 1 amide bonds. The molecule has 0 fully saturated rings. The van der Waals surface area contributed by atoms with Crippen molar-refractivity contribution in [1.82, 2.24) is 16.0 Å². The van der Waals surface area contributed by atoms with E-state index in [1.54, 1.807) is 0 Å². The highest BCUT2D eigenvalue weighted by Gasteiger charge is 2.34. The van der Waals surface area contributed by atoms with Gasteiger partial charge in [-0.1, -0.05) is 12.1 Å². The summed E-state index contributed by atoms with van der Waals surface area (Å²) in [5.41, 5.74) is -2.84. The average Bonchev–Trinajstić information content (AvgIpc) is 2.79. The Bertz CT molecular complexity index is 1580. The summed E-state index contributed by atoms with van der Waals surface area (Å²) in [4.78, 5) is 36.5. The molecule has 1 aromatic heterocycles. The maximum atomic E-state index is 13.4. The van der Waals surface area contributed by atoms with E-state index in [2.05, 4.69) is 0 Å². The highest BCUT2D eigenvalue weighted by atomic mass is 32.2. The number of aromatic nitrogens is 1. The third kappa shape index (κ3) is 4.95. The van der Waals surface area contributed by atoms with Crippen LogP contribution in [0.4, 0.5) is 13.2 Å². The van der Waals surface area contributed by atoms with Gasteiger partial charge in [-0.05, 0) is 23.8 Å². The van der Waals surface area contributed by atoms with Crippen LogP contribution in [0.1, 0.15) is 27.5 Å². The van der Waals surface area contributed by atoms with Gasteiger partial charge in [-0.15, -0.1) is 0 Å². The minimum Gasteiger partial charge on any atom is -0.548 e. The number of hydrogen-bond donors (Lipinski definition) is 3. The van der Waals surface area contributed by atoms with Gasteiger partial charge in [0.15, 0.2) is 9.84 Å². The van der Waals surface area contributed by atoms with Gasteiger partial charge in [-0.2, -0.15) is 13.2 Å². The Morgan fingerprint density at radius 1 is 1.22 bits per heavy atom. The molecule has 198 valence electrons. The number of carbonyl (C=O) groups is 2. The average molecular weight is 543 g/mol. The summed E-state index contributed by atoms with van der Waals surface area (Å²) < 4.78 is 70.0. The van der Waals surface area contributed by atoms with Gasteiger partial charge in [-0.25, -0.2) is 8.42 Å². The summed E-state index contributed by atoms with van der Waals surface area (Å²) in [6.07, 6.45) is -3.72. The van der Waals surface area contributed by atoms with E-state index in [-0.39, 0.29) is 39.9 Å². The molecule has 0 aliphatic carbocycles. The molecule has 1 unspecified atom stereocenters. The first-order chi connectivity index (χ1) is 16.7. The van der Waals surface area contributed by atoms with Gasteiger partial charge in [0.05, 0.1) is 34.5 Å². The summed E-state index contributed by atoms with van der Waals surface area (Å²) in [5, 5.41) is 23.2. The monoisotopic (exact) mass is 543 g/mol. The van der Waals surface area contributed by atoms with Crippen LogP contribution >= 0.6 is 0 Å². The fraction of sp³-hybridized carbons (Fsp3) is 0.227. The van der Waals surface area contributed by atoms with E-state index in [0.717, 1.165) is 47.2 Å². The molecular weight excluding hydrogens is 523 g/mol. The number of nitrogens with one attached hydrogen (secondary N) is 1. The van der Waals surface area contributed by atoms with E-state index < -0.39 is 62.9 Å². The highest BCUT2D eigenvalue weighted by molar-refractivity contribution is 7.90. The lowest BCUT2D eigenvalue weighted by atomic mass is 10.0. The lowest BCUT2D eigenvalue weighted by molar-refractivity contribution is -0.303. The minimum atomic E-state index is -4.61. The van der Waals surface area contributed by atoms with Crippen LogP contribution in [0, 0.1) is 0 Å². The number of benzene rings is 2. The number of pyridine rings is 1. The Balaban J connectivity index is 0.00000380. The lowest BCUT2D eigenvalue weighted by Gasteiger charge is -2.30. The molecule has 4 rings (SSSR count). The van der Waals surface area contributed by atoms with E-state index in [0.29, 0.717) is 0 Å². The van der Waals surface area contributed by atoms with E-state index >= 15 is 0 Å². The molecule has 2 aromatic carbocycles. The van der Waals surface area contributed by atoms with Gasteiger partial charge in [0.1, 0.15) is 23.7 Å². The Morgan fingerprint density at radius 2 is 1.84 bits per heavy atom. The number of amides is 1. The normalized spacial score (nSPS) is 15.0. The first kappa shape index (κ1) is 27.5. The van der Waals surface area contributed by atoms with Gasteiger partial charge >= 0.3 is 6.18 Å². The zero-order chi connectivity index (χ0) is 26.6. The molecule has 0 radical (unpaired) electrons. The van der Waals surface area contributed by atoms with Crippen molar-refractivity contribution >= 4 is 32.6 Å². The SMILES string of the molecule is CS(=O)(=O)c1cc2c3c(c1)c(O)c(C(=O)NCC(=O)[O-])c(=O)n3C(c1ccc(C(F)(F)F)cc1)CO2.[NH4+]. The Labute approximate surface area is 206 Å². The number of sulfone groups is 1. The van der Waals surface area contributed by atoms with E-state index in [9.17, 15) is 46.2 Å². The minimum absolute atomic E-state index is 0. The number of rotatable bonds is 5. The summed E-state index contributed by atoms with van der Waals surface area (Å²) in [5.74, 6) is -4.00. The lowest BCUT2D eigenvalue weighted by Crippen LogP contribution is -2.42. The molecule has 37 heavy (non-hydrogen) atoms. The summed E-state index contributed by atoms with van der Waals surface area (Å²) in [6, 6.07) is 4.88. The smallest absolute Gasteiger partial charge is 0.416 e. The van der Waals surface area contributed by atoms with Gasteiger partial charge in [-0.3, -0.25) is 14.2 Å². The highest BCUT2D eigenvalue weighted by Crippen LogP contribution is 2.41. The van der Waals surface area contributed by atoms with Crippen LogP contribution in [-0.2, 0) is 20.8 Å². The van der Waals surface area contributed by atoms with Crippen LogP contribution in [0.25, 0.3) is 10.9 Å². The number of carboxylic acids is 1. The predicted molar refractivity (Wildman–Crippen MR) is 121 cm³/mol. The predicted octanol–water partition coefficient (Wildman–Crippen LogP) is 0.967. The number of aliphatic carboxylic acids is 1. The van der Waals surface area contributed by atoms with Crippen LogP contribution in [0.15, 0.2) is 46.1 Å². The fourth-order valence-electron chi connectivity index (χ4n) is 3.92. The summed E-state index contributed by atoms with van der Waals surface area (Å²) >= 11 is 0. The largest absolute Gasteiger partial charge is 0.548 e. The Morgan fingerprint density at radius 3 is 2.38 bits per heavy atom. The molecule has 11 nitrogen and oxygen atoms in total. The number of quaternary nitrogens is 1. The molecule has 0 spiro atoms. The zero-order valence-electron chi connectivity index (χ0n) is 19.2. The van der Waals surface area contributed by atoms with Crippen molar-refractivity contribution in [3.05, 3.63) is 63.4 Å². The van der Waals surface area contributed by atoms with Crippen molar-refractivity contribution in [2.45, 2.75) is 17.1 Å². The van der Waals surface area contributed by atoms with Crippen molar-refractivity contribution < 1.29 is 46.1 Å². The maximum absolute atomic E-state index is 13.4. The maximum Gasteiger partial charge on any atom is 0.416 e.